The molecule has 0 radical (unpaired) electrons. The molecule has 2 rings (SSSR count). The van der Waals surface area contributed by atoms with Crippen LogP contribution in [0.1, 0.15) is 25.5 Å². The van der Waals surface area contributed by atoms with Gasteiger partial charge in [0.05, 0.1) is 24.5 Å². The fourth-order valence-corrected chi connectivity index (χ4v) is 2.49. The van der Waals surface area contributed by atoms with E-state index in [0.717, 1.165) is 25.1 Å². The maximum atomic E-state index is 12.4. The van der Waals surface area contributed by atoms with Crippen molar-refractivity contribution in [1.82, 2.24) is 20.2 Å². The lowest BCUT2D eigenvalue weighted by Gasteiger charge is -2.25. The minimum atomic E-state index is -0.0795. The second-order valence-corrected chi connectivity index (χ2v) is 4.84. The summed E-state index contributed by atoms with van der Waals surface area (Å²) >= 11 is 0. The Morgan fingerprint density at radius 2 is 2.33 bits per heavy atom. The van der Waals surface area contributed by atoms with Crippen molar-refractivity contribution in [3.05, 3.63) is 24.3 Å². The molecule has 1 aliphatic heterocycles. The molecule has 18 heavy (non-hydrogen) atoms. The van der Waals surface area contributed by atoms with E-state index >= 15 is 0 Å². The number of nitrogens with one attached hydrogen (secondary N) is 1. The van der Waals surface area contributed by atoms with Crippen LogP contribution in [0.5, 0.6) is 0 Å². The van der Waals surface area contributed by atoms with Crippen molar-refractivity contribution in [2.45, 2.75) is 32.4 Å². The first-order valence-electron chi connectivity index (χ1n) is 6.43. The summed E-state index contributed by atoms with van der Waals surface area (Å²) in [5.41, 5.74) is 0.843. The summed E-state index contributed by atoms with van der Waals surface area (Å²) in [4.78, 5) is 22.6. The van der Waals surface area contributed by atoms with E-state index in [1.54, 1.807) is 18.6 Å². The average molecular weight is 248 g/mol. The smallest absolute Gasteiger partial charge is 0.240 e. The van der Waals surface area contributed by atoms with E-state index in [2.05, 4.69) is 22.2 Å². The molecule has 1 N–H and O–H groups in total. The lowest BCUT2D eigenvalue weighted by Crippen LogP contribution is -2.46. The first-order chi connectivity index (χ1) is 8.72. The van der Waals surface area contributed by atoms with E-state index in [-0.39, 0.29) is 11.9 Å². The Labute approximate surface area is 108 Å². The molecule has 1 fully saturated rings. The average Bonchev–Trinajstić information content (AvgIpc) is 2.51. The van der Waals surface area contributed by atoms with Crippen molar-refractivity contribution in [2.75, 3.05) is 13.6 Å². The Bertz CT molecular complexity index is 395. The molecule has 1 aromatic rings. The summed E-state index contributed by atoms with van der Waals surface area (Å²) in [6, 6.07) is -0.0795. The van der Waals surface area contributed by atoms with Gasteiger partial charge in [0.1, 0.15) is 0 Å². The molecule has 1 saturated heterocycles. The summed E-state index contributed by atoms with van der Waals surface area (Å²) in [5, 5.41) is 3.13. The molecule has 5 heteroatoms. The van der Waals surface area contributed by atoms with Gasteiger partial charge < -0.3 is 10.2 Å². The molecule has 1 aromatic heterocycles. The molecule has 1 aliphatic rings. The lowest BCUT2D eigenvalue weighted by atomic mass is 9.98. The fraction of sp³-hybridized carbons (Fsp3) is 0.615. The first-order valence-corrected chi connectivity index (χ1v) is 6.43. The Morgan fingerprint density at radius 1 is 1.50 bits per heavy atom. The molecular weight excluding hydrogens is 228 g/mol. The van der Waals surface area contributed by atoms with Crippen LogP contribution < -0.4 is 5.32 Å². The molecule has 0 spiro atoms. The third-order valence-corrected chi connectivity index (χ3v) is 3.51. The number of likely N-dealkylation sites (N-methyl/N-ethyl adjacent to an activating group) is 1. The topological polar surface area (TPSA) is 58.1 Å². The fourth-order valence-electron chi connectivity index (χ4n) is 2.49. The van der Waals surface area contributed by atoms with Gasteiger partial charge >= 0.3 is 0 Å². The molecule has 0 bridgehead atoms. The van der Waals surface area contributed by atoms with Crippen LogP contribution in [0.3, 0.4) is 0 Å². The monoisotopic (exact) mass is 248 g/mol. The zero-order chi connectivity index (χ0) is 13.0. The molecule has 0 aromatic carbocycles. The van der Waals surface area contributed by atoms with Crippen LogP contribution in [0.15, 0.2) is 18.6 Å². The van der Waals surface area contributed by atoms with E-state index in [0.29, 0.717) is 12.5 Å². The molecular formula is C13H20N4O. The van der Waals surface area contributed by atoms with E-state index in [1.807, 2.05) is 11.9 Å². The van der Waals surface area contributed by atoms with Crippen LogP contribution in [0.2, 0.25) is 0 Å². The van der Waals surface area contributed by atoms with Crippen molar-refractivity contribution in [3.8, 4) is 0 Å². The molecule has 5 nitrogen and oxygen atoms in total. The number of hydrogen-bond acceptors (Lipinski definition) is 4. The number of likely N-dealkylation sites (tertiary alicyclic amines) is 1. The van der Waals surface area contributed by atoms with Gasteiger partial charge in [-0.15, -0.1) is 0 Å². The van der Waals surface area contributed by atoms with Crippen molar-refractivity contribution >= 4 is 5.91 Å². The predicted molar refractivity (Wildman–Crippen MR) is 68.7 cm³/mol. The van der Waals surface area contributed by atoms with E-state index in [9.17, 15) is 4.79 Å². The zero-order valence-electron chi connectivity index (χ0n) is 11.0. The Hall–Kier alpha value is -1.49. The number of nitrogens with zero attached hydrogens (tertiary/aromatic N) is 3. The molecule has 1 amide bonds. The van der Waals surface area contributed by atoms with Crippen LogP contribution in [-0.2, 0) is 11.3 Å². The van der Waals surface area contributed by atoms with Crippen molar-refractivity contribution in [2.24, 2.45) is 5.92 Å². The predicted octanol–water partition coefficient (Wildman–Crippen LogP) is 0.823. The highest BCUT2D eigenvalue weighted by Crippen LogP contribution is 2.19. The normalized spacial score (nSPS) is 25.0. The van der Waals surface area contributed by atoms with Gasteiger partial charge in [-0.3, -0.25) is 14.8 Å². The minimum absolute atomic E-state index is 0.0795. The quantitative estimate of drug-likeness (QED) is 0.860. The van der Waals surface area contributed by atoms with Crippen molar-refractivity contribution in [3.63, 3.8) is 0 Å². The van der Waals surface area contributed by atoms with Gasteiger partial charge in [0.15, 0.2) is 0 Å². The van der Waals surface area contributed by atoms with Gasteiger partial charge in [-0.2, -0.15) is 0 Å². The first kappa shape index (κ1) is 13.0. The molecule has 2 unspecified atom stereocenters. The second kappa shape index (κ2) is 5.91. The van der Waals surface area contributed by atoms with Gasteiger partial charge in [0, 0.05) is 18.9 Å². The molecule has 2 atom stereocenters. The maximum Gasteiger partial charge on any atom is 0.240 e. The van der Waals surface area contributed by atoms with Crippen LogP contribution in [0, 0.1) is 5.92 Å². The number of carbonyl (C=O) groups is 1. The van der Waals surface area contributed by atoms with Gasteiger partial charge in [0.25, 0.3) is 0 Å². The minimum Gasteiger partial charge on any atom is -0.335 e. The SMILES string of the molecule is CNC1C(=O)N(Cc2cnccn2)CCCC1C. The lowest BCUT2D eigenvalue weighted by molar-refractivity contribution is -0.134. The standard InChI is InChI=1S/C13H20N4O/c1-10-4-3-7-17(13(18)12(10)14-2)9-11-8-15-5-6-16-11/h5-6,8,10,12,14H,3-4,7,9H2,1-2H3. The van der Waals surface area contributed by atoms with Crippen LogP contribution in [0.4, 0.5) is 0 Å². The van der Waals surface area contributed by atoms with E-state index in [4.69, 9.17) is 0 Å². The third kappa shape index (κ3) is 2.85. The van der Waals surface area contributed by atoms with E-state index < -0.39 is 0 Å². The van der Waals surface area contributed by atoms with Gasteiger partial charge in [0.2, 0.25) is 5.91 Å². The third-order valence-electron chi connectivity index (χ3n) is 3.51. The largest absolute Gasteiger partial charge is 0.335 e. The van der Waals surface area contributed by atoms with Crippen molar-refractivity contribution in [1.29, 1.82) is 0 Å². The molecule has 98 valence electrons. The molecule has 0 aliphatic carbocycles. The molecule has 0 saturated carbocycles. The Kier molecular flexibility index (Phi) is 4.25. The number of aromatic nitrogens is 2. The highest BCUT2D eigenvalue weighted by Gasteiger charge is 2.30. The van der Waals surface area contributed by atoms with E-state index in [1.165, 1.54) is 0 Å². The summed E-state index contributed by atoms with van der Waals surface area (Å²) in [5.74, 6) is 0.558. The van der Waals surface area contributed by atoms with Crippen LogP contribution >= 0.6 is 0 Å². The molecule has 2 heterocycles. The summed E-state index contributed by atoms with van der Waals surface area (Å²) in [6.07, 6.45) is 7.15. The zero-order valence-corrected chi connectivity index (χ0v) is 11.0. The van der Waals surface area contributed by atoms with Gasteiger partial charge in [-0.25, -0.2) is 0 Å². The summed E-state index contributed by atoms with van der Waals surface area (Å²) in [6.45, 7) is 3.49. The number of carbonyl (C=O) groups excluding carboxylic acids is 1. The Morgan fingerprint density at radius 3 is 3.00 bits per heavy atom. The summed E-state index contributed by atoms with van der Waals surface area (Å²) in [7, 11) is 1.85. The number of hydrogen-bond donors (Lipinski definition) is 1. The highest BCUT2D eigenvalue weighted by molar-refractivity contribution is 5.82. The van der Waals surface area contributed by atoms with Crippen LogP contribution in [-0.4, -0.2) is 40.4 Å². The maximum absolute atomic E-state index is 12.4. The summed E-state index contributed by atoms with van der Waals surface area (Å²) < 4.78 is 0. The number of amides is 1. The van der Waals surface area contributed by atoms with Crippen LogP contribution in [0.25, 0.3) is 0 Å². The van der Waals surface area contributed by atoms with Crippen molar-refractivity contribution < 1.29 is 4.79 Å². The second-order valence-electron chi connectivity index (χ2n) is 4.84. The highest BCUT2D eigenvalue weighted by atomic mass is 16.2. The number of rotatable bonds is 3. The Balaban J connectivity index is 2.10. The van der Waals surface area contributed by atoms with Gasteiger partial charge in [-0.05, 0) is 25.8 Å². The van der Waals surface area contributed by atoms with Gasteiger partial charge in [-0.1, -0.05) is 6.92 Å².